The molecule has 64 valence electrons. The summed E-state index contributed by atoms with van der Waals surface area (Å²) in [5, 5.41) is 0. The van der Waals surface area contributed by atoms with E-state index in [2.05, 4.69) is 9.97 Å². The first-order valence-electron chi connectivity index (χ1n) is 3.56. The number of aromatic nitrogens is 2. The van der Waals surface area contributed by atoms with Gasteiger partial charge in [0.2, 0.25) is 0 Å². The van der Waals surface area contributed by atoms with Crippen LogP contribution in [0.15, 0.2) is 12.4 Å². The molecule has 0 saturated carbocycles. The van der Waals surface area contributed by atoms with Gasteiger partial charge in [-0.25, -0.2) is 9.97 Å². The Morgan fingerprint density at radius 3 is 2.50 bits per heavy atom. The third-order valence-corrected chi connectivity index (χ3v) is 1.32. The van der Waals surface area contributed by atoms with Crippen LogP contribution in [0, 0.1) is 0 Å². The summed E-state index contributed by atoms with van der Waals surface area (Å²) in [7, 11) is 1.54. The van der Waals surface area contributed by atoms with Gasteiger partial charge in [0.1, 0.15) is 11.6 Å². The number of nitrogens with zero attached hydrogens (tertiary/aromatic N) is 2. The average molecular weight is 166 g/mol. The van der Waals surface area contributed by atoms with E-state index in [0.717, 1.165) is 0 Å². The van der Waals surface area contributed by atoms with Crippen molar-refractivity contribution in [2.45, 2.75) is 13.3 Å². The highest BCUT2D eigenvalue weighted by atomic mass is 16.5. The van der Waals surface area contributed by atoms with Crippen LogP contribution in [0.25, 0.3) is 0 Å². The van der Waals surface area contributed by atoms with Gasteiger partial charge in [-0.3, -0.25) is 4.79 Å². The molecule has 0 N–H and O–H groups in total. The predicted molar refractivity (Wildman–Crippen MR) is 43.0 cm³/mol. The lowest BCUT2D eigenvalue weighted by Gasteiger charge is -1.98. The van der Waals surface area contributed by atoms with Crippen LogP contribution in [0.5, 0.6) is 5.75 Å². The molecule has 1 heterocycles. The van der Waals surface area contributed by atoms with E-state index in [4.69, 9.17) is 4.74 Å². The minimum Gasteiger partial charge on any atom is -0.494 e. The fourth-order valence-corrected chi connectivity index (χ4v) is 0.762. The summed E-state index contributed by atoms with van der Waals surface area (Å²) in [6.07, 6.45) is 3.38. The third kappa shape index (κ3) is 2.30. The summed E-state index contributed by atoms with van der Waals surface area (Å²) < 4.78 is 4.86. The van der Waals surface area contributed by atoms with Crippen molar-refractivity contribution < 1.29 is 9.53 Å². The van der Waals surface area contributed by atoms with Crippen LogP contribution in [0.3, 0.4) is 0 Å². The molecule has 0 amide bonds. The van der Waals surface area contributed by atoms with Crippen molar-refractivity contribution >= 4 is 5.78 Å². The molecule has 0 spiro atoms. The van der Waals surface area contributed by atoms with Gasteiger partial charge in [-0.2, -0.15) is 0 Å². The molecule has 0 fully saturated rings. The van der Waals surface area contributed by atoms with Gasteiger partial charge >= 0.3 is 0 Å². The lowest BCUT2D eigenvalue weighted by Crippen LogP contribution is -2.01. The highest BCUT2D eigenvalue weighted by Gasteiger charge is 2.00. The average Bonchev–Trinajstić information content (AvgIpc) is 2.05. The molecule has 0 bridgehead atoms. The molecule has 1 aromatic rings. The van der Waals surface area contributed by atoms with Crippen LogP contribution in [0.2, 0.25) is 0 Å². The molecule has 4 heteroatoms. The van der Waals surface area contributed by atoms with Crippen molar-refractivity contribution in [3.05, 3.63) is 18.2 Å². The number of methoxy groups -OCH3 is 1. The smallest absolute Gasteiger partial charge is 0.155 e. The number of hydrogen-bond acceptors (Lipinski definition) is 4. The molecule has 1 rings (SSSR count). The van der Waals surface area contributed by atoms with E-state index in [0.29, 0.717) is 11.6 Å². The summed E-state index contributed by atoms with van der Waals surface area (Å²) >= 11 is 0. The summed E-state index contributed by atoms with van der Waals surface area (Å²) in [6.45, 7) is 1.51. The number of Topliss-reactive ketones (excluding diaryl/α,β-unsaturated/α-hetero) is 1. The molecule has 0 atom stereocenters. The number of carbonyl (C=O) groups excluding carboxylic acids is 1. The zero-order valence-electron chi connectivity index (χ0n) is 7.07. The SMILES string of the molecule is COc1cnc(CC(C)=O)nc1. The fraction of sp³-hybridized carbons (Fsp3) is 0.375. The van der Waals surface area contributed by atoms with Gasteiger partial charge in [-0.15, -0.1) is 0 Å². The van der Waals surface area contributed by atoms with E-state index in [1.807, 2.05) is 0 Å². The second-order valence-electron chi connectivity index (χ2n) is 2.42. The van der Waals surface area contributed by atoms with Crippen molar-refractivity contribution in [2.24, 2.45) is 0 Å². The van der Waals surface area contributed by atoms with Crippen molar-refractivity contribution in [3.63, 3.8) is 0 Å². The molecule has 1 aromatic heterocycles. The van der Waals surface area contributed by atoms with Crippen LogP contribution >= 0.6 is 0 Å². The van der Waals surface area contributed by atoms with Crippen molar-refractivity contribution in [3.8, 4) is 5.75 Å². The first kappa shape index (κ1) is 8.64. The quantitative estimate of drug-likeness (QED) is 0.660. The topological polar surface area (TPSA) is 52.1 Å². The number of ether oxygens (including phenoxy) is 1. The summed E-state index contributed by atoms with van der Waals surface area (Å²) in [5.41, 5.74) is 0. The lowest BCUT2D eigenvalue weighted by molar-refractivity contribution is -0.116. The van der Waals surface area contributed by atoms with Gasteiger partial charge in [0.25, 0.3) is 0 Å². The molecule has 0 aromatic carbocycles. The Bertz CT molecular complexity index is 269. The summed E-state index contributed by atoms with van der Waals surface area (Å²) in [5.74, 6) is 1.19. The van der Waals surface area contributed by atoms with E-state index in [1.165, 1.54) is 6.92 Å². The Hall–Kier alpha value is -1.45. The van der Waals surface area contributed by atoms with Gasteiger partial charge in [0.15, 0.2) is 5.75 Å². The molecule has 0 unspecified atom stereocenters. The molecule has 0 radical (unpaired) electrons. The van der Waals surface area contributed by atoms with E-state index in [9.17, 15) is 4.79 Å². The molecule has 4 nitrogen and oxygen atoms in total. The number of rotatable bonds is 3. The van der Waals surface area contributed by atoms with E-state index in [1.54, 1.807) is 19.5 Å². The standard InChI is InChI=1S/C8H10N2O2/c1-6(11)3-8-9-4-7(12-2)5-10-8/h4-5H,3H2,1-2H3. The van der Waals surface area contributed by atoms with Gasteiger partial charge in [-0.1, -0.05) is 0 Å². The van der Waals surface area contributed by atoms with Crippen molar-refractivity contribution in [1.82, 2.24) is 9.97 Å². The first-order chi connectivity index (χ1) is 5.72. The molecular weight excluding hydrogens is 156 g/mol. The zero-order chi connectivity index (χ0) is 8.97. The maximum absolute atomic E-state index is 10.7. The van der Waals surface area contributed by atoms with E-state index >= 15 is 0 Å². The van der Waals surface area contributed by atoms with Gasteiger partial charge < -0.3 is 4.74 Å². The Labute approximate surface area is 70.6 Å². The fourth-order valence-electron chi connectivity index (χ4n) is 0.762. The first-order valence-corrected chi connectivity index (χ1v) is 3.56. The van der Waals surface area contributed by atoms with Crippen LogP contribution < -0.4 is 4.74 Å². The highest BCUT2D eigenvalue weighted by molar-refractivity contribution is 5.77. The van der Waals surface area contributed by atoms with Gasteiger partial charge in [-0.05, 0) is 6.92 Å². The van der Waals surface area contributed by atoms with Crippen molar-refractivity contribution in [1.29, 1.82) is 0 Å². The molecule has 12 heavy (non-hydrogen) atoms. The maximum Gasteiger partial charge on any atom is 0.155 e. The summed E-state index contributed by atoms with van der Waals surface area (Å²) in [6, 6.07) is 0. The Morgan fingerprint density at radius 1 is 1.50 bits per heavy atom. The molecule has 0 aliphatic carbocycles. The lowest BCUT2D eigenvalue weighted by atomic mass is 10.3. The normalized spacial score (nSPS) is 9.50. The largest absolute Gasteiger partial charge is 0.494 e. The molecular formula is C8H10N2O2. The predicted octanol–water partition coefficient (Wildman–Crippen LogP) is 0.617. The van der Waals surface area contributed by atoms with Crippen LogP contribution in [0.4, 0.5) is 0 Å². The summed E-state index contributed by atoms with van der Waals surface area (Å²) in [4.78, 5) is 18.5. The van der Waals surface area contributed by atoms with E-state index in [-0.39, 0.29) is 12.2 Å². The Morgan fingerprint density at radius 2 is 2.08 bits per heavy atom. The molecule has 0 saturated heterocycles. The molecule has 0 aliphatic heterocycles. The van der Waals surface area contributed by atoms with E-state index < -0.39 is 0 Å². The molecule has 0 aliphatic rings. The van der Waals surface area contributed by atoms with Gasteiger partial charge in [0.05, 0.1) is 25.9 Å². The second kappa shape index (κ2) is 3.80. The van der Waals surface area contributed by atoms with Crippen LogP contribution in [0.1, 0.15) is 12.7 Å². The third-order valence-electron chi connectivity index (χ3n) is 1.32. The van der Waals surface area contributed by atoms with Crippen molar-refractivity contribution in [2.75, 3.05) is 7.11 Å². The zero-order valence-corrected chi connectivity index (χ0v) is 7.07. The van der Waals surface area contributed by atoms with Gasteiger partial charge in [0, 0.05) is 0 Å². The maximum atomic E-state index is 10.7. The number of carbonyl (C=O) groups is 1. The minimum absolute atomic E-state index is 0.0557. The van der Waals surface area contributed by atoms with Crippen LogP contribution in [-0.4, -0.2) is 22.9 Å². The minimum atomic E-state index is 0.0557. The monoisotopic (exact) mass is 166 g/mol. The Kier molecular flexibility index (Phi) is 2.74. The van der Waals surface area contributed by atoms with Crippen LogP contribution in [-0.2, 0) is 11.2 Å². The Balaban J connectivity index is 2.71. The number of hydrogen-bond donors (Lipinski definition) is 0. The highest BCUT2D eigenvalue weighted by Crippen LogP contribution is 2.04. The second-order valence-corrected chi connectivity index (χ2v) is 2.42. The number of ketones is 1.